The lowest BCUT2D eigenvalue weighted by Crippen LogP contribution is -2.22. The molecule has 0 amide bonds. The first kappa shape index (κ1) is 18.6. The molecule has 0 atom stereocenters. The van der Waals surface area contributed by atoms with E-state index in [1.165, 1.54) is 0 Å². The summed E-state index contributed by atoms with van der Waals surface area (Å²) in [5.41, 5.74) is 2.75. The van der Waals surface area contributed by atoms with Gasteiger partial charge in [-0.25, -0.2) is 4.98 Å². The van der Waals surface area contributed by atoms with Crippen molar-refractivity contribution in [1.82, 2.24) is 14.5 Å². The molecule has 0 aliphatic rings. The number of nitrogens with zero attached hydrogens (tertiary/aromatic N) is 3. The maximum Gasteiger partial charge on any atom is 0.570 e. The van der Waals surface area contributed by atoms with Gasteiger partial charge in [-0.15, -0.1) is 0 Å². The van der Waals surface area contributed by atoms with E-state index >= 15 is 0 Å². The van der Waals surface area contributed by atoms with Crippen molar-refractivity contribution in [2.24, 2.45) is 0 Å². The third-order valence-corrected chi connectivity index (χ3v) is 5.83. The largest absolute Gasteiger partial charge is 0.570 e. The van der Waals surface area contributed by atoms with E-state index in [1.807, 2.05) is 35.0 Å². The lowest BCUT2D eigenvalue weighted by atomic mass is 10.1. The Bertz CT molecular complexity index is 865. The molecule has 6 nitrogen and oxygen atoms in total. The maximum atomic E-state index is 9.11. The van der Waals surface area contributed by atoms with Crippen molar-refractivity contribution in [2.75, 3.05) is 6.61 Å². The smallest absolute Gasteiger partial charge is 0.524 e. The third-order valence-electron chi connectivity index (χ3n) is 4.12. The van der Waals surface area contributed by atoms with E-state index in [-0.39, 0.29) is 0 Å². The van der Waals surface area contributed by atoms with Crippen LogP contribution in [-0.4, -0.2) is 41.9 Å². The third kappa shape index (κ3) is 4.32. The van der Waals surface area contributed by atoms with Crippen molar-refractivity contribution in [1.29, 1.82) is 0 Å². The summed E-state index contributed by atoms with van der Waals surface area (Å²) in [5, 5.41) is 10.0. The van der Waals surface area contributed by atoms with E-state index in [4.69, 9.17) is 14.4 Å². The Labute approximate surface area is 155 Å². The van der Waals surface area contributed by atoms with Crippen molar-refractivity contribution in [3.8, 4) is 17.0 Å². The predicted octanol–water partition coefficient (Wildman–Crippen LogP) is 3.32. The van der Waals surface area contributed by atoms with E-state index in [2.05, 4.69) is 29.6 Å². The van der Waals surface area contributed by atoms with Gasteiger partial charge in [0.25, 0.3) is 0 Å². The number of hydrogen-bond donors (Lipinski definition) is 1. The van der Waals surface area contributed by atoms with Gasteiger partial charge in [0.05, 0.1) is 0 Å². The van der Waals surface area contributed by atoms with Gasteiger partial charge >= 0.3 is 7.69 Å². The molecule has 1 N–H and O–H groups in total. The van der Waals surface area contributed by atoms with Crippen LogP contribution in [0.1, 0.15) is 0 Å². The fourth-order valence-electron chi connectivity index (χ4n) is 2.71. The number of hydrogen-bond acceptors (Lipinski definition) is 5. The van der Waals surface area contributed by atoms with Crippen molar-refractivity contribution in [3.63, 3.8) is 0 Å². The second kappa shape index (κ2) is 8.03. The number of pyridine rings is 2. The quantitative estimate of drug-likeness (QED) is 0.488. The van der Waals surface area contributed by atoms with Crippen LogP contribution in [0.2, 0.25) is 25.7 Å². The van der Waals surface area contributed by atoms with Crippen LogP contribution in [-0.2, 0) is 11.5 Å². The van der Waals surface area contributed by atoms with Gasteiger partial charge in [-0.05, 0) is 23.7 Å². The van der Waals surface area contributed by atoms with E-state index < -0.39 is 8.07 Å². The van der Waals surface area contributed by atoms with Crippen LogP contribution in [0.15, 0.2) is 42.9 Å². The van der Waals surface area contributed by atoms with Gasteiger partial charge < -0.3 is 14.4 Å². The van der Waals surface area contributed by atoms with Gasteiger partial charge in [-0.2, -0.15) is 0 Å². The monoisotopic (exact) mass is 368 g/mol. The molecule has 0 aromatic carbocycles. The lowest BCUT2D eigenvalue weighted by molar-refractivity contribution is 0.0862. The van der Waals surface area contributed by atoms with Gasteiger partial charge in [0.2, 0.25) is 0 Å². The first-order valence-electron chi connectivity index (χ1n) is 8.58. The van der Waals surface area contributed by atoms with E-state index in [9.17, 15) is 0 Å². The predicted molar refractivity (Wildman–Crippen MR) is 106 cm³/mol. The van der Waals surface area contributed by atoms with Crippen LogP contribution in [0.3, 0.4) is 0 Å². The molecule has 0 bridgehead atoms. The summed E-state index contributed by atoms with van der Waals surface area (Å²) in [7, 11) is -0.472. The Hall–Kier alpha value is -2.16. The van der Waals surface area contributed by atoms with Crippen molar-refractivity contribution >= 4 is 26.8 Å². The Balaban J connectivity index is 1.93. The summed E-state index contributed by atoms with van der Waals surface area (Å²) in [6.45, 7) is 7.97. The molecule has 3 rings (SSSR count). The molecule has 3 heterocycles. The molecular formula is C18H23BN3O3Si. The highest BCUT2D eigenvalue weighted by Crippen LogP contribution is 2.32. The second-order valence-corrected chi connectivity index (χ2v) is 12.9. The Morgan fingerprint density at radius 1 is 1.23 bits per heavy atom. The van der Waals surface area contributed by atoms with Gasteiger partial charge in [0.1, 0.15) is 12.4 Å². The molecule has 0 saturated carbocycles. The Morgan fingerprint density at radius 2 is 2.08 bits per heavy atom. The van der Waals surface area contributed by atoms with E-state index in [0.717, 1.165) is 28.2 Å². The van der Waals surface area contributed by atoms with E-state index in [0.29, 0.717) is 26.9 Å². The van der Waals surface area contributed by atoms with Gasteiger partial charge in [0, 0.05) is 50.3 Å². The van der Waals surface area contributed by atoms with Crippen LogP contribution < -0.4 is 4.65 Å². The normalized spacial score (nSPS) is 11.7. The zero-order valence-corrected chi connectivity index (χ0v) is 16.3. The summed E-state index contributed by atoms with van der Waals surface area (Å²) in [6, 6.07) is 8.80. The molecule has 8 heteroatoms. The first-order valence-corrected chi connectivity index (χ1v) is 12.3. The summed E-state index contributed by atoms with van der Waals surface area (Å²) in [6.07, 6.45) is 5.32. The number of ether oxygens (including phenoxy) is 1. The average molecular weight is 368 g/mol. The molecule has 0 saturated heterocycles. The summed E-state index contributed by atoms with van der Waals surface area (Å²) in [5.74, 6) is 0.486. The fraction of sp³-hybridized carbons (Fsp3) is 0.333. The van der Waals surface area contributed by atoms with Gasteiger partial charge in [-0.3, -0.25) is 9.55 Å². The zero-order chi connectivity index (χ0) is 18.6. The van der Waals surface area contributed by atoms with Gasteiger partial charge in [-0.1, -0.05) is 25.7 Å². The maximum absolute atomic E-state index is 9.11. The highest BCUT2D eigenvalue weighted by atomic mass is 28.3. The minimum atomic E-state index is -1.15. The number of aromatic nitrogens is 3. The minimum Gasteiger partial charge on any atom is -0.524 e. The van der Waals surface area contributed by atoms with Crippen LogP contribution in [0.5, 0.6) is 5.88 Å². The minimum absolute atomic E-state index is 0.320. The summed E-state index contributed by atoms with van der Waals surface area (Å²) in [4.78, 5) is 8.69. The lowest BCUT2D eigenvalue weighted by Gasteiger charge is -2.16. The average Bonchev–Trinajstić information content (AvgIpc) is 2.96. The molecule has 0 aliphatic heterocycles. The first-order chi connectivity index (χ1) is 12.5. The molecule has 1 radical (unpaired) electrons. The van der Waals surface area contributed by atoms with Crippen LogP contribution in [0.4, 0.5) is 0 Å². The zero-order valence-electron chi connectivity index (χ0n) is 15.3. The van der Waals surface area contributed by atoms with Crippen LogP contribution in [0, 0.1) is 0 Å². The molecule has 3 aromatic rings. The van der Waals surface area contributed by atoms with E-state index in [1.54, 1.807) is 12.4 Å². The molecular weight excluding hydrogens is 345 g/mol. The molecule has 26 heavy (non-hydrogen) atoms. The second-order valence-electron chi connectivity index (χ2n) is 7.32. The van der Waals surface area contributed by atoms with Crippen molar-refractivity contribution in [3.05, 3.63) is 42.9 Å². The van der Waals surface area contributed by atoms with Crippen LogP contribution in [0.25, 0.3) is 22.2 Å². The molecule has 0 spiro atoms. The molecule has 3 aromatic heterocycles. The number of rotatable bonds is 8. The van der Waals surface area contributed by atoms with Gasteiger partial charge in [0.15, 0.2) is 5.88 Å². The SMILES string of the molecule is C[Si](C)(C)CCOCn1c(O[B]O)cc2c(-c3cccnc3)ccnc21. The Kier molecular flexibility index (Phi) is 5.75. The molecule has 0 aliphatic carbocycles. The van der Waals surface area contributed by atoms with Crippen molar-refractivity contribution < 1.29 is 14.4 Å². The summed E-state index contributed by atoms with van der Waals surface area (Å²) >= 11 is 0. The highest BCUT2D eigenvalue weighted by Gasteiger charge is 2.16. The van der Waals surface area contributed by atoms with Crippen LogP contribution >= 0.6 is 0 Å². The van der Waals surface area contributed by atoms with Crippen molar-refractivity contribution in [2.45, 2.75) is 32.4 Å². The molecule has 0 unspecified atom stereocenters. The summed E-state index contributed by atoms with van der Waals surface area (Å²) < 4.78 is 13.0. The molecule has 135 valence electrons. The topological polar surface area (TPSA) is 69.4 Å². The highest BCUT2D eigenvalue weighted by molar-refractivity contribution is 6.76. The number of fused-ring (bicyclic) bond motifs is 1. The fourth-order valence-corrected chi connectivity index (χ4v) is 3.47. The standard InChI is InChI=1S/C18H23BN3O3Si/c1-26(2,3)10-9-24-13-22-17(25-19-23)11-16-15(6-8-21-18(16)22)14-5-4-7-20-12-14/h4-8,11-12,23H,9-10,13H2,1-3H3. The Morgan fingerprint density at radius 3 is 2.77 bits per heavy atom. The molecule has 0 fully saturated rings.